The van der Waals surface area contributed by atoms with E-state index in [9.17, 15) is 0 Å². The predicted molar refractivity (Wildman–Crippen MR) is 63.5 cm³/mol. The molecule has 12 heteroatoms. The second-order valence-corrected chi connectivity index (χ2v) is 1.88. The molecule has 0 spiro atoms. The van der Waals surface area contributed by atoms with Crippen molar-refractivity contribution in [1.29, 1.82) is 21.2 Å². The predicted octanol–water partition coefficient (Wildman–Crippen LogP) is -3.57. The zero-order valence-electron chi connectivity index (χ0n) is 9.12. The van der Waals surface area contributed by atoms with Crippen LogP contribution in [0.2, 0.25) is 0 Å². The van der Waals surface area contributed by atoms with Gasteiger partial charge in [0.2, 0.25) is 24.1 Å². The Kier molecular flexibility index (Phi) is 17.3. The largest absolute Gasteiger partial charge is 0.369 e. The van der Waals surface area contributed by atoms with Gasteiger partial charge >= 0.3 is 0 Å². The fourth-order valence-corrected chi connectivity index (χ4v) is 0.273. The number of hydrogen-bond donors (Lipinski definition) is 7. The van der Waals surface area contributed by atoms with E-state index in [1.165, 1.54) is 18.6 Å². The summed E-state index contributed by atoms with van der Waals surface area (Å²) in [7, 11) is 0. The SMILES string of the molecule is N#CN.N#CN=C(N)N.N#CNC(N)=NC(=N)N. The van der Waals surface area contributed by atoms with E-state index in [-0.39, 0.29) is 11.9 Å². The van der Waals surface area contributed by atoms with Crippen LogP contribution >= 0.6 is 0 Å². The molecule has 0 radical (unpaired) electrons. The monoisotopic (exact) mass is 252 g/mol. The summed E-state index contributed by atoms with van der Waals surface area (Å²) >= 11 is 0. The van der Waals surface area contributed by atoms with Crippen LogP contribution in [0.5, 0.6) is 0 Å². The average Bonchev–Trinajstić information content (AvgIpc) is 2.18. The van der Waals surface area contributed by atoms with Crippen LogP contribution in [0.4, 0.5) is 0 Å². The lowest BCUT2D eigenvalue weighted by Gasteiger charge is -1.91. The molecule has 96 valence electrons. The number of nitrogens with one attached hydrogen (secondary N) is 2. The Hall–Kier alpha value is -3.72. The van der Waals surface area contributed by atoms with Gasteiger partial charge in [-0.3, -0.25) is 10.7 Å². The normalized spacial score (nSPS) is 7.28. The Morgan fingerprint density at radius 2 is 1.56 bits per heavy atom. The van der Waals surface area contributed by atoms with E-state index in [2.05, 4.69) is 15.7 Å². The molecule has 0 bridgehead atoms. The van der Waals surface area contributed by atoms with Gasteiger partial charge < -0.3 is 28.7 Å². The first kappa shape index (κ1) is 19.8. The van der Waals surface area contributed by atoms with Crippen molar-refractivity contribution < 1.29 is 0 Å². The lowest BCUT2D eigenvalue weighted by atomic mass is 10.9. The van der Waals surface area contributed by atoms with Crippen molar-refractivity contribution in [3.05, 3.63) is 0 Å². The second kappa shape index (κ2) is 15.7. The Morgan fingerprint density at radius 1 is 1.11 bits per heavy atom. The van der Waals surface area contributed by atoms with E-state index < -0.39 is 5.96 Å². The van der Waals surface area contributed by atoms with E-state index >= 15 is 0 Å². The van der Waals surface area contributed by atoms with Gasteiger partial charge in [0.25, 0.3) is 0 Å². The minimum atomic E-state index is -0.435. The highest BCUT2D eigenvalue weighted by Crippen LogP contribution is 1.61. The first-order valence-corrected chi connectivity index (χ1v) is 3.76. The first-order chi connectivity index (χ1) is 8.35. The Bertz CT molecular complexity index is 407. The van der Waals surface area contributed by atoms with Crippen LogP contribution in [-0.2, 0) is 0 Å². The maximum atomic E-state index is 7.92. The van der Waals surface area contributed by atoms with Gasteiger partial charge in [-0.1, -0.05) is 0 Å². The fourth-order valence-electron chi connectivity index (χ4n) is 0.273. The highest BCUT2D eigenvalue weighted by atomic mass is 15.1. The van der Waals surface area contributed by atoms with E-state index in [0.717, 1.165) is 0 Å². The third-order valence-electron chi connectivity index (χ3n) is 0.604. The number of aliphatic imine (C=N–C) groups is 2. The quantitative estimate of drug-likeness (QED) is 0.0970. The molecule has 0 rings (SSSR count). The van der Waals surface area contributed by atoms with Crippen molar-refractivity contribution >= 4 is 17.9 Å². The fraction of sp³-hybridized carbons (Fsp3) is 0. The molecule has 0 aromatic rings. The zero-order valence-corrected chi connectivity index (χ0v) is 9.12. The molecule has 12 nitrogen and oxygen atoms in total. The van der Waals surface area contributed by atoms with Crippen LogP contribution in [0.15, 0.2) is 9.98 Å². The van der Waals surface area contributed by atoms with Crippen LogP contribution < -0.4 is 34.0 Å². The maximum Gasteiger partial charge on any atom is 0.215 e. The number of nitriles is 3. The smallest absolute Gasteiger partial charge is 0.215 e. The van der Waals surface area contributed by atoms with Crippen molar-refractivity contribution in [2.45, 2.75) is 0 Å². The van der Waals surface area contributed by atoms with Crippen LogP contribution in [-0.4, -0.2) is 17.9 Å². The number of rotatable bonds is 0. The Labute approximate surface area is 102 Å². The zero-order chi connectivity index (χ0) is 15.0. The van der Waals surface area contributed by atoms with Crippen molar-refractivity contribution in [3.63, 3.8) is 0 Å². The van der Waals surface area contributed by atoms with Gasteiger partial charge in [-0.15, -0.1) is 4.99 Å². The highest BCUT2D eigenvalue weighted by Gasteiger charge is 1.86. The second-order valence-electron chi connectivity index (χ2n) is 1.88. The Balaban J connectivity index is -0.000000216. The van der Waals surface area contributed by atoms with Crippen molar-refractivity contribution in [2.24, 2.45) is 38.7 Å². The third kappa shape index (κ3) is 39.6. The number of guanidine groups is 3. The van der Waals surface area contributed by atoms with Crippen LogP contribution in [0.3, 0.4) is 0 Å². The highest BCUT2D eigenvalue weighted by molar-refractivity contribution is 5.92. The molecule has 0 atom stereocenters. The van der Waals surface area contributed by atoms with Crippen molar-refractivity contribution in [3.8, 4) is 18.6 Å². The minimum Gasteiger partial charge on any atom is -0.369 e. The van der Waals surface area contributed by atoms with E-state index in [1.807, 2.05) is 5.32 Å². The minimum absolute atomic E-state index is 0.176. The standard InChI is InChI=1S/C3H6N6.C2H4N4.CH2N2/c4-1-8-3(7)9-2(5)6;3-1-6-2(4)5;2-1-3/h(H6,5,6,7,8,9);(H4,4,5,6);2H2. The van der Waals surface area contributed by atoms with Gasteiger partial charge in [0.15, 0.2) is 12.4 Å². The summed E-state index contributed by atoms with van der Waals surface area (Å²) < 4.78 is 0. The molecule has 0 amide bonds. The Morgan fingerprint density at radius 3 is 1.72 bits per heavy atom. The molecule has 0 aliphatic heterocycles. The summed E-state index contributed by atoms with van der Waals surface area (Å²) in [4.78, 5) is 6.09. The molecular weight excluding hydrogens is 240 g/mol. The molecule has 0 fully saturated rings. The van der Waals surface area contributed by atoms with Crippen LogP contribution in [0.25, 0.3) is 0 Å². The van der Waals surface area contributed by atoms with E-state index in [1.54, 1.807) is 0 Å². The molecule has 0 aliphatic carbocycles. The summed E-state index contributed by atoms with van der Waals surface area (Å²) in [6.07, 6.45) is 4.17. The molecule has 0 aliphatic rings. The van der Waals surface area contributed by atoms with Crippen molar-refractivity contribution in [2.75, 3.05) is 0 Å². The summed E-state index contributed by atoms with van der Waals surface area (Å²) in [6.45, 7) is 0. The van der Waals surface area contributed by atoms with Gasteiger partial charge in [-0.2, -0.15) is 20.8 Å². The lowest BCUT2D eigenvalue weighted by Crippen LogP contribution is -2.29. The molecular formula is C6H12N12. The van der Waals surface area contributed by atoms with E-state index in [4.69, 9.17) is 44.1 Å². The van der Waals surface area contributed by atoms with Crippen LogP contribution in [0.1, 0.15) is 0 Å². The first-order valence-electron chi connectivity index (χ1n) is 3.76. The molecule has 0 aromatic carbocycles. The maximum absolute atomic E-state index is 7.92. The summed E-state index contributed by atoms with van der Waals surface area (Å²) in [5.74, 6) is -0.808. The summed E-state index contributed by atoms with van der Waals surface area (Å²) in [5, 5.41) is 31.2. The number of nitrogens with zero attached hydrogens (tertiary/aromatic N) is 5. The molecule has 0 saturated heterocycles. The number of nitrogens with two attached hydrogens (primary N) is 5. The third-order valence-corrected chi connectivity index (χ3v) is 0.604. The molecule has 0 saturated carbocycles. The molecule has 0 heterocycles. The van der Waals surface area contributed by atoms with Gasteiger partial charge in [-0.25, -0.2) is 0 Å². The molecule has 0 unspecified atom stereocenters. The average molecular weight is 252 g/mol. The molecule has 18 heavy (non-hydrogen) atoms. The molecule has 12 N–H and O–H groups in total. The van der Waals surface area contributed by atoms with E-state index in [0.29, 0.717) is 0 Å². The van der Waals surface area contributed by atoms with Crippen molar-refractivity contribution in [1.82, 2.24) is 5.32 Å². The van der Waals surface area contributed by atoms with Gasteiger partial charge in [0.05, 0.1) is 0 Å². The van der Waals surface area contributed by atoms with Crippen LogP contribution in [0, 0.1) is 39.8 Å². The van der Waals surface area contributed by atoms with Gasteiger partial charge in [0.1, 0.15) is 0 Å². The topological polar surface area (TPSA) is 262 Å². The number of hydrogen-bond acceptors (Lipinski definition) is 6. The lowest BCUT2D eigenvalue weighted by molar-refractivity contribution is 1.21. The van der Waals surface area contributed by atoms with Gasteiger partial charge in [0, 0.05) is 0 Å². The summed E-state index contributed by atoms with van der Waals surface area (Å²) in [6, 6.07) is 0. The van der Waals surface area contributed by atoms with Gasteiger partial charge in [-0.05, 0) is 0 Å². The summed E-state index contributed by atoms with van der Waals surface area (Å²) in [5.41, 5.74) is 23.3. The molecule has 0 aromatic heterocycles.